The lowest BCUT2D eigenvalue weighted by Crippen LogP contribution is -2.50. The molecule has 0 amide bonds. The van der Waals surface area contributed by atoms with E-state index in [4.69, 9.17) is 5.73 Å². The molecule has 0 aromatic heterocycles. The molecule has 0 aliphatic carbocycles. The number of anilines is 2. The van der Waals surface area contributed by atoms with E-state index in [1.54, 1.807) is 0 Å². The van der Waals surface area contributed by atoms with Gasteiger partial charge >= 0.3 is 0 Å². The van der Waals surface area contributed by atoms with Crippen molar-refractivity contribution in [3.63, 3.8) is 0 Å². The van der Waals surface area contributed by atoms with E-state index in [0.717, 1.165) is 38.3 Å². The Morgan fingerprint density at radius 2 is 1.70 bits per heavy atom. The molecule has 2 aliphatic rings. The van der Waals surface area contributed by atoms with Crippen LogP contribution in [0.3, 0.4) is 0 Å². The van der Waals surface area contributed by atoms with Crippen LogP contribution in [0.15, 0.2) is 24.3 Å². The SMILES string of the molecule is Nc1ccc(N2CCN(C3CCS(=O)(=O)C3)CC2)cc1. The van der Waals surface area contributed by atoms with E-state index >= 15 is 0 Å². The summed E-state index contributed by atoms with van der Waals surface area (Å²) in [5, 5.41) is 0. The Kier molecular flexibility index (Phi) is 3.60. The van der Waals surface area contributed by atoms with Gasteiger partial charge in [0.25, 0.3) is 0 Å². The normalized spacial score (nSPS) is 26.8. The number of piperazine rings is 1. The Balaban J connectivity index is 1.58. The van der Waals surface area contributed by atoms with Gasteiger partial charge in [-0.05, 0) is 30.7 Å². The van der Waals surface area contributed by atoms with Crippen molar-refractivity contribution in [2.75, 3.05) is 48.3 Å². The zero-order valence-corrected chi connectivity index (χ0v) is 12.3. The maximum absolute atomic E-state index is 11.6. The highest BCUT2D eigenvalue weighted by Gasteiger charge is 2.33. The van der Waals surface area contributed by atoms with Gasteiger partial charge in [0.05, 0.1) is 11.5 Å². The summed E-state index contributed by atoms with van der Waals surface area (Å²) < 4.78 is 23.1. The Morgan fingerprint density at radius 1 is 1.05 bits per heavy atom. The van der Waals surface area contributed by atoms with Gasteiger partial charge in [0.2, 0.25) is 0 Å². The van der Waals surface area contributed by atoms with E-state index in [1.807, 2.05) is 24.3 Å². The summed E-state index contributed by atoms with van der Waals surface area (Å²) in [6.07, 6.45) is 0.796. The summed E-state index contributed by atoms with van der Waals surface area (Å²) in [7, 11) is -2.78. The second kappa shape index (κ2) is 5.26. The van der Waals surface area contributed by atoms with Gasteiger partial charge in [-0.15, -0.1) is 0 Å². The number of sulfone groups is 1. The minimum absolute atomic E-state index is 0.230. The molecule has 6 heteroatoms. The number of nitrogens with two attached hydrogens (primary N) is 1. The molecule has 2 heterocycles. The Bertz CT molecular complexity index is 563. The summed E-state index contributed by atoms with van der Waals surface area (Å²) in [5.41, 5.74) is 7.68. The third-order valence-electron chi connectivity index (χ3n) is 4.30. The van der Waals surface area contributed by atoms with Crippen molar-refractivity contribution in [2.24, 2.45) is 0 Å². The van der Waals surface area contributed by atoms with Crippen LogP contribution in [-0.2, 0) is 9.84 Å². The fourth-order valence-corrected chi connectivity index (χ4v) is 4.86. The van der Waals surface area contributed by atoms with Crippen LogP contribution in [-0.4, -0.2) is 57.0 Å². The standard InChI is InChI=1S/C14H21N3O2S/c15-12-1-3-13(4-2-12)16-6-8-17(9-7-16)14-5-10-20(18,19)11-14/h1-4,14H,5-11,15H2. The zero-order valence-electron chi connectivity index (χ0n) is 11.5. The minimum Gasteiger partial charge on any atom is -0.399 e. The fourth-order valence-electron chi connectivity index (χ4n) is 3.09. The van der Waals surface area contributed by atoms with Gasteiger partial charge in [-0.25, -0.2) is 8.42 Å². The first-order valence-electron chi connectivity index (χ1n) is 7.08. The average molecular weight is 295 g/mol. The van der Waals surface area contributed by atoms with E-state index in [1.165, 1.54) is 5.69 Å². The van der Waals surface area contributed by atoms with Gasteiger partial charge in [-0.1, -0.05) is 0 Å². The largest absolute Gasteiger partial charge is 0.399 e. The van der Waals surface area contributed by atoms with Crippen molar-refractivity contribution in [3.05, 3.63) is 24.3 Å². The summed E-state index contributed by atoms with van der Waals surface area (Å²) >= 11 is 0. The molecule has 0 saturated carbocycles. The maximum Gasteiger partial charge on any atom is 0.151 e. The van der Waals surface area contributed by atoms with Crippen molar-refractivity contribution >= 4 is 21.2 Å². The minimum atomic E-state index is -2.78. The van der Waals surface area contributed by atoms with Gasteiger partial charge in [-0.2, -0.15) is 0 Å². The molecule has 1 atom stereocenters. The lowest BCUT2D eigenvalue weighted by molar-refractivity contribution is 0.200. The van der Waals surface area contributed by atoms with Gasteiger partial charge in [-0.3, -0.25) is 4.90 Å². The summed E-state index contributed by atoms with van der Waals surface area (Å²) in [6.45, 7) is 3.76. The monoisotopic (exact) mass is 295 g/mol. The highest BCUT2D eigenvalue weighted by Crippen LogP contribution is 2.22. The highest BCUT2D eigenvalue weighted by molar-refractivity contribution is 7.91. The van der Waals surface area contributed by atoms with E-state index < -0.39 is 9.84 Å². The molecule has 1 aromatic rings. The van der Waals surface area contributed by atoms with Crippen molar-refractivity contribution in [2.45, 2.75) is 12.5 Å². The molecule has 110 valence electrons. The van der Waals surface area contributed by atoms with E-state index in [0.29, 0.717) is 11.5 Å². The Labute approximate surface area is 120 Å². The van der Waals surface area contributed by atoms with Gasteiger partial charge in [0.15, 0.2) is 9.84 Å². The lowest BCUT2D eigenvalue weighted by atomic mass is 10.1. The van der Waals surface area contributed by atoms with Crippen LogP contribution in [0.5, 0.6) is 0 Å². The molecule has 5 nitrogen and oxygen atoms in total. The lowest BCUT2D eigenvalue weighted by Gasteiger charge is -2.38. The second-order valence-corrected chi connectivity index (χ2v) is 7.90. The van der Waals surface area contributed by atoms with Gasteiger partial charge in [0.1, 0.15) is 0 Å². The molecule has 2 N–H and O–H groups in total. The topological polar surface area (TPSA) is 66.6 Å². The van der Waals surface area contributed by atoms with Crippen LogP contribution in [0.25, 0.3) is 0 Å². The smallest absolute Gasteiger partial charge is 0.151 e. The third kappa shape index (κ3) is 2.91. The number of rotatable bonds is 2. The van der Waals surface area contributed by atoms with Gasteiger partial charge in [0, 0.05) is 43.6 Å². The van der Waals surface area contributed by atoms with Gasteiger partial charge < -0.3 is 10.6 Å². The quantitative estimate of drug-likeness (QED) is 0.808. The Hall–Kier alpha value is -1.27. The molecule has 0 radical (unpaired) electrons. The molecular weight excluding hydrogens is 274 g/mol. The molecule has 0 spiro atoms. The first kappa shape index (κ1) is 13.7. The molecule has 2 saturated heterocycles. The van der Waals surface area contributed by atoms with Crippen LogP contribution in [0, 0.1) is 0 Å². The zero-order chi connectivity index (χ0) is 14.2. The van der Waals surface area contributed by atoms with Crippen LogP contribution in [0.4, 0.5) is 11.4 Å². The number of hydrogen-bond acceptors (Lipinski definition) is 5. The van der Waals surface area contributed by atoms with E-state index in [-0.39, 0.29) is 6.04 Å². The van der Waals surface area contributed by atoms with Crippen LogP contribution in [0.1, 0.15) is 6.42 Å². The number of nitrogen functional groups attached to an aromatic ring is 1. The first-order valence-corrected chi connectivity index (χ1v) is 8.91. The van der Waals surface area contributed by atoms with Crippen molar-refractivity contribution in [1.82, 2.24) is 4.90 Å². The maximum atomic E-state index is 11.6. The molecule has 2 fully saturated rings. The van der Waals surface area contributed by atoms with Crippen molar-refractivity contribution in [3.8, 4) is 0 Å². The number of nitrogens with zero attached hydrogens (tertiary/aromatic N) is 2. The molecule has 3 rings (SSSR count). The molecule has 2 aliphatic heterocycles. The molecule has 0 bridgehead atoms. The van der Waals surface area contributed by atoms with E-state index in [2.05, 4.69) is 9.80 Å². The number of hydrogen-bond donors (Lipinski definition) is 1. The fraction of sp³-hybridized carbons (Fsp3) is 0.571. The van der Waals surface area contributed by atoms with Crippen molar-refractivity contribution < 1.29 is 8.42 Å². The molecule has 1 aromatic carbocycles. The number of benzene rings is 1. The second-order valence-electron chi connectivity index (χ2n) is 5.67. The molecule has 20 heavy (non-hydrogen) atoms. The summed E-state index contributed by atoms with van der Waals surface area (Å²) in [5.74, 6) is 0.699. The Morgan fingerprint density at radius 3 is 2.25 bits per heavy atom. The first-order chi connectivity index (χ1) is 9.53. The predicted molar refractivity (Wildman–Crippen MR) is 81.7 cm³/mol. The average Bonchev–Trinajstić information content (AvgIpc) is 2.80. The molecular formula is C14H21N3O2S. The summed E-state index contributed by atoms with van der Waals surface area (Å²) in [4.78, 5) is 4.66. The van der Waals surface area contributed by atoms with Crippen LogP contribution >= 0.6 is 0 Å². The van der Waals surface area contributed by atoms with Crippen molar-refractivity contribution in [1.29, 1.82) is 0 Å². The molecule has 1 unspecified atom stereocenters. The third-order valence-corrected chi connectivity index (χ3v) is 6.05. The van der Waals surface area contributed by atoms with Crippen LogP contribution in [0.2, 0.25) is 0 Å². The highest BCUT2D eigenvalue weighted by atomic mass is 32.2. The predicted octanol–water partition coefficient (Wildman–Crippen LogP) is 0.578. The summed E-state index contributed by atoms with van der Waals surface area (Å²) in [6, 6.07) is 8.17. The van der Waals surface area contributed by atoms with E-state index in [9.17, 15) is 8.42 Å². The van der Waals surface area contributed by atoms with Crippen LogP contribution < -0.4 is 10.6 Å².